The van der Waals surface area contributed by atoms with Gasteiger partial charge in [0, 0.05) is 57.8 Å². The zero-order chi connectivity index (χ0) is 25.0. The molecule has 1 heterocycles. The molecule has 0 spiro atoms. The van der Waals surface area contributed by atoms with Gasteiger partial charge in [0.1, 0.15) is 5.82 Å². The highest BCUT2D eigenvalue weighted by Crippen LogP contribution is 2.59. The van der Waals surface area contributed by atoms with Crippen molar-refractivity contribution >= 4 is 11.8 Å². The Morgan fingerprint density at radius 2 is 1.91 bits per heavy atom. The maximum Gasteiger partial charge on any atom is 0.254 e. The van der Waals surface area contributed by atoms with Crippen molar-refractivity contribution in [2.75, 3.05) is 45.8 Å². The van der Waals surface area contributed by atoms with Gasteiger partial charge >= 0.3 is 0 Å². The van der Waals surface area contributed by atoms with Gasteiger partial charge in [-0.3, -0.25) is 14.5 Å². The Morgan fingerprint density at radius 3 is 2.57 bits per heavy atom. The van der Waals surface area contributed by atoms with Crippen molar-refractivity contribution in [1.29, 1.82) is 0 Å². The first-order valence-electron chi connectivity index (χ1n) is 13.5. The number of nitrogens with zero attached hydrogens (tertiary/aromatic N) is 3. The van der Waals surface area contributed by atoms with Crippen molar-refractivity contribution < 1.29 is 14.0 Å². The Kier molecular flexibility index (Phi) is 8.31. The number of hydrogen-bond donors (Lipinski definition) is 0. The lowest BCUT2D eigenvalue weighted by Gasteiger charge is -2.57. The maximum absolute atomic E-state index is 13.5. The first-order valence-corrected chi connectivity index (χ1v) is 13.5. The minimum absolute atomic E-state index is 0.109. The monoisotopic (exact) mass is 483 g/mol. The number of carbonyl (C=O) groups excluding carboxylic acids is 2. The van der Waals surface area contributed by atoms with Crippen LogP contribution in [0.25, 0.3) is 0 Å². The second-order valence-corrected chi connectivity index (χ2v) is 11.2. The summed E-state index contributed by atoms with van der Waals surface area (Å²) < 4.78 is 13.5. The highest BCUT2D eigenvalue weighted by atomic mass is 19.1. The lowest BCUT2D eigenvalue weighted by atomic mass is 9.49. The standard InChI is InChI=1S/C29H42FN3O2/c1-4-5-6-10-27(34)33(21-23-11-12-24-20-26(23)29(24,2)3)18-15-31-13-16-32(17-14-31)28(35)22-8-7-9-25(30)19-22/h7-9,11,19,24,26H,4-6,10,12-18,20-21H2,1-3H3. The summed E-state index contributed by atoms with van der Waals surface area (Å²) in [5.41, 5.74) is 2.24. The Labute approximate surface area is 210 Å². The maximum atomic E-state index is 13.5. The van der Waals surface area contributed by atoms with Gasteiger partial charge in [-0.05, 0) is 54.7 Å². The smallest absolute Gasteiger partial charge is 0.254 e. The normalized spacial score (nSPS) is 23.4. The fourth-order valence-electron chi connectivity index (χ4n) is 6.09. The van der Waals surface area contributed by atoms with Gasteiger partial charge in [-0.25, -0.2) is 4.39 Å². The highest BCUT2D eigenvalue weighted by Gasteiger charge is 2.51. The van der Waals surface area contributed by atoms with Gasteiger partial charge in [0.15, 0.2) is 0 Å². The number of benzene rings is 1. The first kappa shape index (κ1) is 25.9. The molecule has 2 fully saturated rings. The number of fused-ring (bicyclic) bond motifs is 1. The summed E-state index contributed by atoms with van der Waals surface area (Å²) in [4.78, 5) is 32.1. The zero-order valence-electron chi connectivity index (χ0n) is 21.8. The van der Waals surface area contributed by atoms with Crippen molar-refractivity contribution in [2.24, 2.45) is 17.3 Å². The molecule has 1 aromatic rings. The van der Waals surface area contributed by atoms with Crippen LogP contribution in [-0.2, 0) is 4.79 Å². The van der Waals surface area contributed by atoms with Crippen LogP contribution in [0.2, 0.25) is 0 Å². The fourth-order valence-corrected chi connectivity index (χ4v) is 6.09. The summed E-state index contributed by atoms with van der Waals surface area (Å²) in [6, 6.07) is 5.92. The molecule has 1 aromatic carbocycles. The van der Waals surface area contributed by atoms with Crippen molar-refractivity contribution in [3.05, 3.63) is 47.3 Å². The Hall–Kier alpha value is -2.21. The average molecular weight is 484 g/mol. The minimum Gasteiger partial charge on any atom is -0.337 e. The SMILES string of the molecule is CCCCCC(=O)N(CCN1CCN(C(=O)c2cccc(F)c2)CC1)CC1=CCC2CC1C2(C)C. The molecule has 1 saturated carbocycles. The van der Waals surface area contributed by atoms with E-state index < -0.39 is 0 Å². The van der Waals surface area contributed by atoms with Crippen LogP contribution in [0.4, 0.5) is 4.39 Å². The molecule has 1 saturated heterocycles. The molecule has 3 aliphatic carbocycles. The van der Waals surface area contributed by atoms with E-state index in [1.807, 2.05) is 0 Å². The second-order valence-electron chi connectivity index (χ2n) is 11.2. The van der Waals surface area contributed by atoms with Gasteiger partial charge < -0.3 is 9.80 Å². The van der Waals surface area contributed by atoms with Crippen LogP contribution in [0.1, 0.15) is 69.7 Å². The molecule has 2 bridgehead atoms. The van der Waals surface area contributed by atoms with Gasteiger partial charge in [0.05, 0.1) is 0 Å². The van der Waals surface area contributed by atoms with E-state index >= 15 is 0 Å². The van der Waals surface area contributed by atoms with Gasteiger partial charge in [-0.1, -0.05) is 51.3 Å². The van der Waals surface area contributed by atoms with E-state index in [0.29, 0.717) is 36.4 Å². The number of amides is 2. The van der Waals surface area contributed by atoms with Crippen molar-refractivity contribution in [1.82, 2.24) is 14.7 Å². The first-order chi connectivity index (χ1) is 16.8. The number of piperazine rings is 1. The topological polar surface area (TPSA) is 43.9 Å². The molecule has 0 N–H and O–H groups in total. The molecule has 5 rings (SSSR count). The third kappa shape index (κ3) is 5.96. The predicted molar refractivity (Wildman–Crippen MR) is 138 cm³/mol. The summed E-state index contributed by atoms with van der Waals surface area (Å²) in [5.74, 6) is 1.20. The van der Waals surface area contributed by atoms with Gasteiger partial charge in [0.25, 0.3) is 5.91 Å². The van der Waals surface area contributed by atoms with E-state index in [1.165, 1.54) is 24.1 Å². The van der Waals surface area contributed by atoms with E-state index in [-0.39, 0.29) is 17.6 Å². The molecular formula is C29H42FN3O2. The third-order valence-electron chi connectivity index (χ3n) is 8.72. The van der Waals surface area contributed by atoms with Crippen LogP contribution < -0.4 is 0 Å². The lowest BCUT2D eigenvalue weighted by molar-refractivity contribution is -0.131. The number of unbranched alkanes of at least 4 members (excludes halogenated alkanes) is 2. The molecule has 6 heteroatoms. The van der Waals surface area contributed by atoms with E-state index in [0.717, 1.165) is 64.3 Å². The summed E-state index contributed by atoms with van der Waals surface area (Å²) in [7, 11) is 0. The van der Waals surface area contributed by atoms with Crippen LogP contribution >= 0.6 is 0 Å². The van der Waals surface area contributed by atoms with Gasteiger partial charge in [-0.2, -0.15) is 0 Å². The Bertz CT molecular complexity index is 936. The average Bonchev–Trinajstić information content (AvgIpc) is 2.86. The second kappa shape index (κ2) is 11.2. The minimum atomic E-state index is -0.382. The number of halogens is 1. The number of allylic oxidation sites excluding steroid dienone is 1. The molecule has 1 aliphatic heterocycles. The molecule has 2 atom stereocenters. The molecule has 192 valence electrons. The number of rotatable bonds is 10. The lowest BCUT2D eigenvalue weighted by Crippen LogP contribution is -2.52. The third-order valence-corrected chi connectivity index (χ3v) is 8.72. The largest absolute Gasteiger partial charge is 0.337 e. The molecular weight excluding hydrogens is 441 g/mol. The van der Waals surface area contributed by atoms with Crippen molar-refractivity contribution in [2.45, 2.75) is 59.3 Å². The van der Waals surface area contributed by atoms with Crippen LogP contribution in [0, 0.1) is 23.1 Å². The molecule has 4 aliphatic rings. The van der Waals surface area contributed by atoms with Crippen LogP contribution in [0.3, 0.4) is 0 Å². The number of carbonyl (C=O) groups is 2. The zero-order valence-corrected chi connectivity index (χ0v) is 21.8. The number of hydrogen-bond acceptors (Lipinski definition) is 3. The highest BCUT2D eigenvalue weighted by molar-refractivity contribution is 5.94. The van der Waals surface area contributed by atoms with E-state index in [2.05, 4.69) is 36.6 Å². The summed E-state index contributed by atoms with van der Waals surface area (Å²) in [6.07, 6.45) is 8.65. The molecule has 0 aromatic heterocycles. The van der Waals surface area contributed by atoms with Crippen molar-refractivity contribution in [3.63, 3.8) is 0 Å². The molecule has 35 heavy (non-hydrogen) atoms. The summed E-state index contributed by atoms with van der Waals surface area (Å²) in [5, 5.41) is 0. The van der Waals surface area contributed by atoms with E-state index in [4.69, 9.17) is 0 Å². The van der Waals surface area contributed by atoms with Gasteiger partial charge in [0.2, 0.25) is 5.91 Å². The summed E-state index contributed by atoms with van der Waals surface area (Å²) >= 11 is 0. The Morgan fingerprint density at radius 1 is 1.14 bits per heavy atom. The van der Waals surface area contributed by atoms with Crippen molar-refractivity contribution in [3.8, 4) is 0 Å². The van der Waals surface area contributed by atoms with Crippen LogP contribution in [0.15, 0.2) is 35.9 Å². The van der Waals surface area contributed by atoms with E-state index in [9.17, 15) is 14.0 Å². The molecule has 0 radical (unpaired) electrons. The Balaban J connectivity index is 1.31. The predicted octanol–water partition coefficient (Wildman–Crippen LogP) is 4.98. The molecule has 5 nitrogen and oxygen atoms in total. The molecule has 2 unspecified atom stereocenters. The van der Waals surface area contributed by atoms with Crippen LogP contribution in [0.5, 0.6) is 0 Å². The van der Waals surface area contributed by atoms with Gasteiger partial charge in [-0.15, -0.1) is 0 Å². The quantitative estimate of drug-likeness (QED) is 0.348. The fraction of sp³-hybridized carbons (Fsp3) is 0.655. The summed E-state index contributed by atoms with van der Waals surface area (Å²) in [6.45, 7) is 12.1. The molecule has 2 amide bonds. The van der Waals surface area contributed by atoms with E-state index in [1.54, 1.807) is 17.0 Å². The van der Waals surface area contributed by atoms with Crippen LogP contribution in [-0.4, -0.2) is 72.3 Å².